The summed E-state index contributed by atoms with van der Waals surface area (Å²) in [5.74, 6) is 0.0546. The van der Waals surface area contributed by atoms with E-state index < -0.39 is 9.84 Å². The third-order valence-corrected chi connectivity index (χ3v) is 5.19. The molecule has 4 nitrogen and oxygen atoms in total. The first-order valence-electron chi connectivity index (χ1n) is 4.75. The van der Waals surface area contributed by atoms with E-state index in [4.69, 9.17) is 0 Å². The molecule has 86 valence electrons. The summed E-state index contributed by atoms with van der Waals surface area (Å²) in [5, 5.41) is 5.20. The average Bonchev–Trinajstić information content (AvgIpc) is 2.52. The fourth-order valence-corrected chi connectivity index (χ4v) is 3.10. The normalized spacial score (nSPS) is 12.3. The van der Waals surface area contributed by atoms with E-state index in [1.165, 1.54) is 11.3 Å². The highest BCUT2D eigenvalue weighted by molar-refractivity contribution is 7.91. The third-order valence-electron chi connectivity index (χ3n) is 2.00. The molecule has 15 heavy (non-hydrogen) atoms. The summed E-state index contributed by atoms with van der Waals surface area (Å²) in [4.78, 5) is 4.24. The van der Waals surface area contributed by atoms with Gasteiger partial charge in [-0.05, 0) is 20.9 Å². The van der Waals surface area contributed by atoms with Crippen LogP contribution in [0.4, 0.5) is 0 Å². The monoisotopic (exact) mass is 248 g/mol. The predicted molar refractivity (Wildman–Crippen MR) is 62.6 cm³/mol. The maximum Gasteiger partial charge on any atom is 0.159 e. The molecule has 0 aliphatic heterocycles. The van der Waals surface area contributed by atoms with Crippen molar-refractivity contribution in [2.75, 3.05) is 7.05 Å². The van der Waals surface area contributed by atoms with Gasteiger partial charge in [-0.25, -0.2) is 13.4 Å². The lowest BCUT2D eigenvalue weighted by Gasteiger charge is -2.04. The average molecular weight is 248 g/mol. The van der Waals surface area contributed by atoms with Crippen molar-refractivity contribution in [1.82, 2.24) is 10.3 Å². The largest absolute Gasteiger partial charge is 0.314 e. The first-order valence-corrected chi connectivity index (χ1v) is 7.34. The maximum atomic E-state index is 11.6. The van der Waals surface area contributed by atoms with Crippen LogP contribution in [-0.4, -0.2) is 25.7 Å². The molecule has 0 bridgehead atoms. The lowest BCUT2D eigenvalue weighted by molar-refractivity contribution is 0.586. The summed E-state index contributed by atoms with van der Waals surface area (Å²) in [6, 6.07) is 0. The number of sulfone groups is 1. The number of thiazole rings is 1. The molecule has 1 N–H and O–H groups in total. The molecule has 0 saturated carbocycles. The Hall–Kier alpha value is -0.460. The van der Waals surface area contributed by atoms with E-state index in [0.717, 1.165) is 5.69 Å². The van der Waals surface area contributed by atoms with E-state index in [1.54, 1.807) is 13.8 Å². The zero-order valence-electron chi connectivity index (χ0n) is 9.15. The first kappa shape index (κ1) is 12.6. The van der Waals surface area contributed by atoms with Gasteiger partial charge in [-0.1, -0.05) is 0 Å². The van der Waals surface area contributed by atoms with Crippen molar-refractivity contribution in [1.29, 1.82) is 0 Å². The zero-order valence-corrected chi connectivity index (χ0v) is 10.8. The minimum atomic E-state index is -3.03. The maximum absolute atomic E-state index is 11.6. The fourth-order valence-electron chi connectivity index (χ4n) is 1.02. The van der Waals surface area contributed by atoms with Gasteiger partial charge in [0.05, 0.1) is 10.9 Å². The molecule has 0 amide bonds. The molecule has 0 atom stereocenters. The van der Waals surface area contributed by atoms with Crippen LogP contribution in [0.3, 0.4) is 0 Å². The van der Waals surface area contributed by atoms with Crippen LogP contribution < -0.4 is 5.32 Å². The second-order valence-corrected chi connectivity index (χ2v) is 7.12. The molecular weight excluding hydrogens is 232 g/mol. The Labute approximate surface area is 94.7 Å². The smallest absolute Gasteiger partial charge is 0.159 e. The Morgan fingerprint density at radius 1 is 1.53 bits per heavy atom. The van der Waals surface area contributed by atoms with Gasteiger partial charge >= 0.3 is 0 Å². The van der Waals surface area contributed by atoms with Crippen LogP contribution in [0, 0.1) is 0 Å². The van der Waals surface area contributed by atoms with Gasteiger partial charge in [0.1, 0.15) is 10.8 Å². The van der Waals surface area contributed by atoms with Gasteiger partial charge in [0.15, 0.2) is 9.84 Å². The number of hydrogen-bond acceptors (Lipinski definition) is 5. The van der Waals surface area contributed by atoms with E-state index in [-0.39, 0.29) is 11.0 Å². The molecule has 0 aliphatic carbocycles. The molecule has 0 radical (unpaired) electrons. The second kappa shape index (κ2) is 5.05. The lowest BCUT2D eigenvalue weighted by atomic mass is 10.5. The molecule has 1 heterocycles. The summed E-state index contributed by atoms with van der Waals surface area (Å²) >= 11 is 1.40. The standard InChI is InChI=1S/C9H16N2O2S2/c1-7(2)15(12,13)6-9-11-8(4-10-3)5-14-9/h5,7,10H,4,6H2,1-3H3. The highest BCUT2D eigenvalue weighted by Gasteiger charge is 2.18. The summed E-state index contributed by atoms with van der Waals surface area (Å²) in [6.45, 7) is 4.06. The number of aromatic nitrogens is 1. The van der Waals surface area contributed by atoms with Crippen molar-refractivity contribution in [2.24, 2.45) is 0 Å². The molecule has 1 aromatic heterocycles. The minimum Gasteiger partial charge on any atom is -0.314 e. The van der Waals surface area contributed by atoms with Crippen LogP contribution in [0.15, 0.2) is 5.38 Å². The SMILES string of the molecule is CNCc1csc(CS(=O)(=O)C(C)C)n1. The van der Waals surface area contributed by atoms with Gasteiger partial charge in [-0.3, -0.25) is 0 Å². The van der Waals surface area contributed by atoms with Gasteiger partial charge in [-0.2, -0.15) is 0 Å². The number of rotatable bonds is 5. The molecule has 0 unspecified atom stereocenters. The van der Waals surface area contributed by atoms with Gasteiger partial charge in [0.25, 0.3) is 0 Å². The Balaban J connectivity index is 2.73. The van der Waals surface area contributed by atoms with Gasteiger partial charge < -0.3 is 5.32 Å². The molecular formula is C9H16N2O2S2. The lowest BCUT2D eigenvalue weighted by Crippen LogP contribution is -2.16. The minimum absolute atomic E-state index is 0.0546. The quantitative estimate of drug-likeness (QED) is 0.850. The van der Waals surface area contributed by atoms with Gasteiger partial charge in [0, 0.05) is 11.9 Å². The van der Waals surface area contributed by atoms with Crippen molar-refractivity contribution >= 4 is 21.2 Å². The zero-order chi connectivity index (χ0) is 11.5. The molecule has 1 rings (SSSR count). The van der Waals surface area contributed by atoms with Crippen LogP contribution in [0.25, 0.3) is 0 Å². The van der Waals surface area contributed by atoms with Gasteiger partial charge in [-0.15, -0.1) is 11.3 Å². The van der Waals surface area contributed by atoms with Gasteiger partial charge in [0.2, 0.25) is 0 Å². The van der Waals surface area contributed by atoms with E-state index in [9.17, 15) is 8.42 Å². The van der Waals surface area contributed by atoms with E-state index in [0.29, 0.717) is 11.6 Å². The summed E-state index contributed by atoms with van der Waals surface area (Å²) < 4.78 is 23.2. The topological polar surface area (TPSA) is 59.1 Å². The number of nitrogens with one attached hydrogen (secondary N) is 1. The molecule has 0 fully saturated rings. The van der Waals surface area contributed by atoms with Crippen LogP contribution in [0.5, 0.6) is 0 Å². The van der Waals surface area contributed by atoms with Crippen LogP contribution in [0.2, 0.25) is 0 Å². The van der Waals surface area contributed by atoms with E-state index in [2.05, 4.69) is 10.3 Å². The summed E-state index contributed by atoms with van der Waals surface area (Å²) in [6.07, 6.45) is 0. The van der Waals surface area contributed by atoms with Crippen molar-refractivity contribution in [3.8, 4) is 0 Å². The Morgan fingerprint density at radius 3 is 2.73 bits per heavy atom. The van der Waals surface area contributed by atoms with E-state index >= 15 is 0 Å². The fraction of sp³-hybridized carbons (Fsp3) is 0.667. The molecule has 1 aromatic rings. The third kappa shape index (κ3) is 3.55. The van der Waals surface area contributed by atoms with Crippen molar-refractivity contribution < 1.29 is 8.42 Å². The Kier molecular flexibility index (Phi) is 4.24. The predicted octanol–water partition coefficient (Wildman–Crippen LogP) is 1.19. The summed E-state index contributed by atoms with van der Waals surface area (Å²) in [5.41, 5.74) is 0.899. The van der Waals surface area contributed by atoms with Crippen LogP contribution in [0.1, 0.15) is 24.5 Å². The molecule has 0 spiro atoms. The Morgan fingerprint density at radius 2 is 2.20 bits per heavy atom. The first-order chi connectivity index (χ1) is 6.95. The molecule has 0 aliphatic rings. The highest BCUT2D eigenvalue weighted by atomic mass is 32.2. The van der Waals surface area contributed by atoms with Crippen LogP contribution in [-0.2, 0) is 22.1 Å². The highest BCUT2D eigenvalue weighted by Crippen LogP contribution is 2.15. The number of nitrogens with zero attached hydrogens (tertiary/aromatic N) is 1. The molecule has 0 saturated heterocycles. The Bertz CT molecular complexity index is 410. The van der Waals surface area contributed by atoms with E-state index in [1.807, 2.05) is 12.4 Å². The van der Waals surface area contributed by atoms with Crippen molar-refractivity contribution in [3.63, 3.8) is 0 Å². The van der Waals surface area contributed by atoms with Crippen molar-refractivity contribution in [3.05, 3.63) is 16.1 Å². The molecule has 0 aromatic carbocycles. The van der Waals surface area contributed by atoms with Crippen molar-refractivity contribution in [2.45, 2.75) is 31.4 Å². The molecule has 6 heteroatoms. The summed E-state index contributed by atoms with van der Waals surface area (Å²) in [7, 11) is -1.19. The second-order valence-electron chi connectivity index (χ2n) is 3.62. The van der Waals surface area contributed by atoms with Crippen LogP contribution >= 0.6 is 11.3 Å². The number of hydrogen-bond donors (Lipinski definition) is 1.